The van der Waals surface area contributed by atoms with Crippen LogP contribution in [0, 0.1) is 11.8 Å². The van der Waals surface area contributed by atoms with Gasteiger partial charge in [0.05, 0.1) is 12.7 Å². The Labute approximate surface area is 80.6 Å². The Morgan fingerprint density at radius 2 is 2.00 bits per heavy atom. The van der Waals surface area contributed by atoms with Gasteiger partial charge in [-0.15, -0.1) is 0 Å². The summed E-state index contributed by atoms with van der Waals surface area (Å²) in [4.78, 5) is 0. The molecule has 1 aliphatic heterocycles. The average molecular weight is 184 g/mol. The van der Waals surface area contributed by atoms with Crippen molar-refractivity contribution in [2.24, 2.45) is 11.8 Å². The van der Waals surface area contributed by atoms with Gasteiger partial charge in [0, 0.05) is 5.92 Å². The van der Waals surface area contributed by atoms with Gasteiger partial charge in [-0.1, -0.05) is 13.3 Å². The fourth-order valence-corrected chi connectivity index (χ4v) is 2.43. The van der Waals surface area contributed by atoms with Crippen molar-refractivity contribution in [3.63, 3.8) is 0 Å². The van der Waals surface area contributed by atoms with E-state index in [2.05, 4.69) is 6.92 Å². The molecule has 1 saturated carbocycles. The summed E-state index contributed by atoms with van der Waals surface area (Å²) < 4.78 is 11.6. The van der Waals surface area contributed by atoms with E-state index < -0.39 is 0 Å². The lowest BCUT2D eigenvalue weighted by Gasteiger charge is -2.44. The third-order valence-corrected chi connectivity index (χ3v) is 3.27. The van der Waals surface area contributed by atoms with E-state index >= 15 is 0 Å². The zero-order valence-corrected chi connectivity index (χ0v) is 8.88. The normalized spacial score (nSPS) is 44.1. The smallest absolute Gasteiger partial charge is 0.163 e. The summed E-state index contributed by atoms with van der Waals surface area (Å²) in [5, 5.41) is 0. The van der Waals surface area contributed by atoms with E-state index in [1.807, 2.05) is 13.8 Å². The van der Waals surface area contributed by atoms with Gasteiger partial charge in [0.25, 0.3) is 0 Å². The number of hydrogen-bond acceptors (Lipinski definition) is 2. The first-order chi connectivity index (χ1) is 6.07. The second-order valence-electron chi connectivity index (χ2n) is 5.05. The summed E-state index contributed by atoms with van der Waals surface area (Å²) in [6.07, 6.45) is 4.29. The quantitative estimate of drug-likeness (QED) is 0.576. The first-order valence-electron chi connectivity index (χ1n) is 5.38. The van der Waals surface area contributed by atoms with Crippen LogP contribution < -0.4 is 0 Å². The molecular weight excluding hydrogens is 164 g/mol. The van der Waals surface area contributed by atoms with Gasteiger partial charge >= 0.3 is 0 Å². The van der Waals surface area contributed by atoms with Gasteiger partial charge in [0.1, 0.15) is 0 Å². The predicted octanol–water partition coefficient (Wildman–Crippen LogP) is 2.57. The Hall–Kier alpha value is -0.0800. The molecule has 2 rings (SSSR count). The molecule has 0 amide bonds. The van der Waals surface area contributed by atoms with Gasteiger partial charge in [-0.3, -0.25) is 0 Å². The van der Waals surface area contributed by atoms with Crippen LogP contribution in [-0.2, 0) is 9.47 Å². The maximum atomic E-state index is 5.93. The van der Waals surface area contributed by atoms with Crippen molar-refractivity contribution in [2.45, 2.75) is 51.9 Å². The number of hydrogen-bond donors (Lipinski definition) is 0. The minimum Gasteiger partial charge on any atom is -0.350 e. The molecular formula is C11H20O2. The first kappa shape index (κ1) is 9.47. The van der Waals surface area contributed by atoms with Crippen LogP contribution in [0.1, 0.15) is 40.0 Å². The first-order valence-corrected chi connectivity index (χ1v) is 5.38. The highest BCUT2D eigenvalue weighted by Gasteiger charge is 2.39. The monoisotopic (exact) mass is 184 g/mol. The molecule has 2 aliphatic rings. The summed E-state index contributed by atoms with van der Waals surface area (Å²) in [5.74, 6) is 1.14. The lowest BCUT2D eigenvalue weighted by Crippen LogP contribution is -2.47. The third kappa shape index (κ3) is 2.05. The molecule has 3 unspecified atom stereocenters. The van der Waals surface area contributed by atoms with Gasteiger partial charge in [-0.2, -0.15) is 0 Å². The van der Waals surface area contributed by atoms with Crippen molar-refractivity contribution >= 4 is 0 Å². The predicted molar refractivity (Wildman–Crippen MR) is 51.4 cm³/mol. The molecule has 13 heavy (non-hydrogen) atoms. The largest absolute Gasteiger partial charge is 0.350 e. The molecule has 1 heterocycles. The second-order valence-corrected chi connectivity index (χ2v) is 5.05. The van der Waals surface area contributed by atoms with Crippen LogP contribution in [0.15, 0.2) is 0 Å². The van der Waals surface area contributed by atoms with Crippen LogP contribution in [0.25, 0.3) is 0 Å². The van der Waals surface area contributed by atoms with Gasteiger partial charge in [-0.25, -0.2) is 0 Å². The van der Waals surface area contributed by atoms with E-state index in [4.69, 9.17) is 9.47 Å². The van der Waals surface area contributed by atoms with E-state index in [1.54, 1.807) is 0 Å². The zero-order valence-electron chi connectivity index (χ0n) is 8.88. The highest BCUT2D eigenvalue weighted by atomic mass is 16.7. The Bertz CT molecular complexity index is 189. The van der Waals surface area contributed by atoms with Crippen LogP contribution in [0.3, 0.4) is 0 Å². The van der Waals surface area contributed by atoms with E-state index in [1.165, 1.54) is 19.3 Å². The lowest BCUT2D eigenvalue weighted by molar-refractivity contribution is -0.300. The molecule has 0 aromatic rings. The van der Waals surface area contributed by atoms with Gasteiger partial charge < -0.3 is 9.47 Å². The topological polar surface area (TPSA) is 18.5 Å². The zero-order chi connectivity index (χ0) is 9.47. The number of ether oxygens (including phenoxy) is 2. The summed E-state index contributed by atoms with van der Waals surface area (Å²) in [6.45, 7) is 7.25. The second kappa shape index (κ2) is 3.25. The number of rotatable bonds is 0. The minimum absolute atomic E-state index is 0.349. The van der Waals surface area contributed by atoms with E-state index in [0.717, 1.165) is 12.5 Å². The molecule has 0 spiro atoms. The molecule has 0 radical (unpaired) electrons. The van der Waals surface area contributed by atoms with E-state index in [9.17, 15) is 0 Å². The molecule has 0 bridgehead atoms. The molecule has 76 valence electrons. The van der Waals surface area contributed by atoms with Crippen molar-refractivity contribution in [1.29, 1.82) is 0 Å². The standard InChI is InChI=1S/C11H20O2/c1-8-4-5-9-7-12-11(2,3)13-10(9)6-8/h8-10H,4-7H2,1-3H3. The SMILES string of the molecule is CC1CCC2COC(C)(C)OC2C1. The Balaban J connectivity index is 2.00. The van der Waals surface area contributed by atoms with Crippen molar-refractivity contribution in [3.05, 3.63) is 0 Å². The minimum atomic E-state index is -0.349. The van der Waals surface area contributed by atoms with Crippen LogP contribution in [0.2, 0.25) is 0 Å². The van der Waals surface area contributed by atoms with Crippen molar-refractivity contribution in [3.8, 4) is 0 Å². The summed E-state index contributed by atoms with van der Waals surface area (Å²) >= 11 is 0. The van der Waals surface area contributed by atoms with Gasteiger partial charge in [0.15, 0.2) is 5.79 Å². The molecule has 0 N–H and O–H groups in total. The summed E-state index contributed by atoms with van der Waals surface area (Å²) in [6, 6.07) is 0. The van der Waals surface area contributed by atoms with Crippen LogP contribution in [0.4, 0.5) is 0 Å². The van der Waals surface area contributed by atoms with E-state index in [-0.39, 0.29) is 5.79 Å². The lowest BCUT2D eigenvalue weighted by atomic mass is 9.80. The van der Waals surface area contributed by atoms with Crippen molar-refractivity contribution < 1.29 is 9.47 Å². The summed E-state index contributed by atoms with van der Waals surface area (Å²) in [7, 11) is 0. The highest BCUT2D eigenvalue weighted by Crippen LogP contribution is 2.37. The highest BCUT2D eigenvalue weighted by molar-refractivity contribution is 4.83. The molecule has 2 fully saturated rings. The Morgan fingerprint density at radius 1 is 1.23 bits per heavy atom. The molecule has 1 saturated heterocycles. The molecule has 3 atom stereocenters. The fourth-order valence-electron chi connectivity index (χ4n) is 2.43. The maximum absolute atomic E-state index is 5.93. The maximum Gasteiger partial charge on any atom is 0.163 e. The van der Waals surface area contributed by atoms with Crippen molar-refractivity contribution in [2.75, 3.05) is 6.61 Å². The van der Waals surface area contributed by atoms with Crippen molar-refractivity contribution in [1.82, 2.24) is 0 Å². The summed E-state index contributed by atoms with van der Waals surface area (Å²) in [5.41, 5.74) is 0. The molecule has 2 heteroatoms. The molecule has 0 aromatic heterocycles. The third-order valence-electron chi connectivity index (χ3n) is 3.27. The Kier molecular flexibility index (Phi) is 2.37. The fraction of sp³-hybridized carbons (Fsp3) is 1.00. The Morgan fingerprint density at radius 3 is 2.77 bits per heavy atom. The van der Waals surface area contributed by atoms with E-state index in [0.29, 0.717) is 12.0 Å². The van der Waals surface area contributed by atoms with Crippen LogP contribution in [0.5, 0.6) is 0 Å². The van der Waals surface area contributed by atoms with Gasteiger partial charge in [-0.05, 0) is 32.6 Å². The number of fused-ring (bicyclic) bond motifs is 1. The molecule has 2 nitrogen and oxygen atoms in total. The van der Waals surface area contributed by atoms with Crippen LogP contribution in [-0.4, -0.2) is 18.5 Å². The molecule has 1 aliphatic carbocycles. The average Bonchev–Trinajstić information content (AvgIpc) is 2.01. The van der Waals surface area contributed by atoms with Crippen LogP contribution >= 0.6 is 0 Å². The van der Waals surface area contributed by atoms with Gasteiger partial charge in [0.2, 0.25) is 0 Å². The molecule has 0 aromatic carbocycles.